The number of rotatable bonds is 8. The molecule has 1 atom stereocenters. The van der Waals surface area contributed by atoms with Crippen LogP contribution in [0.4, 0.5) is 0 Å². The summed E-state index contributed by atoms with van der Waals surface area (Å²) in [5, 5.41) is 4.97. The van der Waals surface area contributed by atoms with Crippen LogP contribution >= 0.6 is 11.3 Å². The molecule has 2 amide bonds. The number of likely N-dealkylation sites (N-methyl/N-ethyl adjacent to an activating group) is 1. The molecule has 0 unspecified atom stereocenters. The third-order valence-electron chi connectivity index (χ3n) is 6.00. The van der Waals surface area contributed by atoms with Gasteiger partial charge >= 0.3 is 0 Å². The number of amides is 2. The monoisotopic (exact) mass is 474 g/mol. The number of imidazole rings is 1. The lowest BCUT2D eigenvalue weighted by Gasteiger charge is -2.30. The van der Waals surface area contributed by atoms with Gasteiger partial charge in [-0.25, -0.2) is 4.98 Å². The van der Waals surface area contributed by atoms with Crippen LogP contribution in [0.2, 0.25) is 0 Å². The highest BCUT2D eigenvalue weighted by molar-refractivity contribution is 7.15. The quantitative estimate of drug-likeness (QED) is 0.377. The van der Waals surface area contributed by atoms with Crippen LogP contribution in [0.25, 0.3) is 16.1 Å². The van der Waals surface area contributed by atoms with Gasteiger partial charge in [-0.1, -0.05) is 62.4 Å². The Hall–Kier alpha value is -3.45. The number of aromatic nitrogens is 2. The first kappa shape index (κ1) is 23.7. The Balaban J connectivity index is 1.55. The molecule has 0 saturated carbocycles. The maximum Gasteiger partial charge on any atom is 0.270 e. The van der Waals surface area contributed by atoms with Gasteiger partial charge in [-0.3, -0.25) is 14.0 Å². The number of thiazole rings is 1. The van der Waals surface area contributed by atoms with E-state index in [0.717, 1.165) is 22.5 Å². The number of carbonyl (C=O) groups excluding carboxylic acids is 2. The zero-order valence-electron chi connectivity index (χ0n) is 20.0. The van der Waals surface area contributed by atoms with Gasteiger partial charge in [0, 0.05) is 36.8 Å². The molecule has 0 aliphatic rings. The van der Waals surface area contributed by atoms with E-state index in [0.29, 0.717) is 29.4 Å². The highest BCUT2D eigenvalue weighted by Gasteiger charge is 2.26. The van der Waals surface area contributed by atoms with Gasteiger partial charge in [0.1, 0.15) is 5.69 Å². The predicted octanol–water partition coefficient (Wildman–Crippen LogP) is 5.29. The smallest absolute Gasteiger partial charge is 0.270 e. The van der Waals surface area contributed by atoms with Gasteiger partial charge in [0.15, 0.2) is 4.96 Å². The van der Waals surface area contributed by atoms with Crippen LogP contribution in [0.1, 0.15) is 46.8 Å². The number of fused-ring (bicyclic) bond motifs is 1. The highest BCUT2D eigenvalue weighted by atomic mass is 32.1. The molecule has 0 aliphatic carbocycles. The van der Waals surface area contributed by atoms with Crippen LogP contribution < -0.4 is 5.32 Å². The van der Waals surface area contributed by atoms with E-state index >= 15 is 0 Å². The Morgan fingerprint density at radius 2 is 1.79 bits per heavy atom. The standard InChI is InChI=1S/C27H30N4O2S/c1-18(2)16-21(17-28-25(32)24-19(3)29-27-31(24)14-15-34-27)30(4)26(33)23-13-9-8-12-22(23)20-10-6-5-7-11-20/h5-15,18,21H,16-17H2,1-4H3,(H,28,32)/t21-/m1/s1. The fraction of sp³-hybridized carbons (Fsp3) is 0.296. The van der Waals surface area contributed by atoms with E-state index in [1.165, 1.54) is 11.3 Å². The number of carbonyl (C=O) groups is 2. The van der Waals surface area contributed by atoms with Crippen molar-refractivity contribution in [2.24, 2.45) is 5.92 Å². The average molecular weight is 475 g/mol. The van der Waals surface area contributed by atoms with Crippen molar-refractivity contribution in [3.05, 3.63) is 83.1 Å². The van der Waals surface area contributed by atoms with Crippen molar-refractivity contribution in [1.82, 2.24) is 19.6 Å². The second kappa shape index (κ2) is 10.2. The van der Waals surface area contributed by atoms with E-state index < -0.39 is 0 Å². The third-order valence-corrected chi connectivity index (χ3v) is 6.76. The minimum absolute atomic E-state index is 0.0555. The van der Waals surface area contributed by atoms with E-state index in [1.807, 2.05) is 84.5 Å². The number of hydrogen-bond acceptors (Lipinski definition) is 4. The molecule has 7 heteroatoms. The highest BCUT2D eigenvalue weighted by Crippen LogP contribution is 2.25. The molecule has 0 spiro atoms. The first-order valence-corrected chi connectivity index (χ1v) is 12.4. The molecule has 1 N–H and O–H groups in total. The number of aryl methyl sites for hydroxylation is 1. The summed E-state index contributed by atoms with van der Waals surface area (Å²) < 4.78 is 1.82. The summed E-state index contributed by atoms with van der Waals surface area (Å²) in [5.74, 6) is 0.129. The molecule has 2 aromatic carbocycles. The maximum atomic E-state index is 13.6. The molecular weight excluding hydrogens is 444 g/mol. The number of benzene rings is 2. The molecule has 4 aromatic rings. The topological polar surface area (TPSA) is 66.7 Å². The van der Waals surface area contributed by atoms with Gasteiger partial charge in [-0.05, 0) is 36.5 Å². The molecule has 0 bridgehead atoms. The molecular formula is C27H30N4O2S. The van der Waals surface area contributed by atoms with Gasteiger partial charge in [-0.2, -0.15) is 0 Å². The Morgan fingerprint density at radius 1 is 1.09 bits per heavy atom. The molecule has 176 valence electrons. The molecule has 2 aromatic heterocycles. The molecule has 0 radical (unpaired) electrons. The summed E-state index contributed by atoms with van der Waals surface area (Å²) in [5.41, 5.74) is 3.81. The molecule has 34 heavy (non-hydrogen) atoms. The minimum atomic E-state index is -0.178. The normalized spacial score (nSPS) is 12.1. The fourth-order valence-corrected chi connectivity index (χ4v) is 5.04. The van der Waals surface area contributed by atoms with Crippen LogP contribution in [0, 0.1) is 12.8 Å². The number of nitrogens with zero attached hydrogens (tertiary/aromatic N) is 3. The number of nitrogens with one attached hydrogen (secondary N) is 1. The van der Waals surface area contributed by atoms with Crippen molar-refractivity contribution in [3.63, 3.8) is 0 Å². The Labute approximate surface area is 204 Å². The second-order valence-corrected chi connectivity index (χ2v) is 9.80. The van der Waals surface area contributed by atoms with E-state index in [-0.39, 0.29) is 17.9 Å². The van der Waals surface area contributed by atoms with Crippen molar-refractivity contribution < 1.29 is 9.59 Å². The van der Waals surface area contributed by atoms with Gasteiger partial charge in [0.25, 0.3) is 11.8 Å². The van der Waals surface area contributed by atoms with Crippen LogP contribution in [-0.2, 0) is 0 Å². The fourth-order valence-electron chi connectivity index (χ4n) is 4.28. The zero-order chi connectivity index (χ0) is 24.2. The van der Waals surface area contributed by atoms with Gasteiger partial charge in [0.05, 0.1) is 5.69 Å². The Bertz CT molecular complexity index is 1290. The van der Waals surface area contributed by atoms with E-state index in [9.17, 15) is 9.59 Å². The minimum Gasteiger partial charge on any atom is -0.349 e. The van der Waals surface area contributed by atoms with Crippen LogP contribution in [-0.4, -0.2) is 45.7 Å². The third kappa shape index (κ3) is 4.89. The SMILES string of the molecule is Cc1nc2sccn2c1C(=O)NC[C@@H](CC(C)C)N(C)C(=O)c1ccccc1-c1ccccc1. The summed E-state index contributed by atoms with van der Waals surface area (Å²) in [4.78, 5) is 33.7. The average Bonchev–Trinajstić information content (AvgIpc) is 3.41. The van der Waals surface area contributed by atoms with Crippen LogP contribution in [0.5, 0.6) is 0 Å². The molecule has 0 saturated heterocycles. The largest absolute Gasteiger partial charge is 0.349 e. The van der Waals surface area contributed by atoms with Crippen molar-refractivity contribution in [3.8, 4) is 11.1 Å². The van der Waals surface area contributed by atoms with Crippen molar-refractivity contribution in [1.29, 1.82) is 0 Å². The summed E-state index contributed by atoms with van der Waals surface area (Å²) in [6.45, 7) is 6.46. The summed E-state index contributed by atoms with van der Waals surface area (Å²) >= 11 is 1.50. The Kier molecular flexibility index (Phi) is 7.12. The lowest BCUT2D eigenvalue weighted by Crippen LogP contribution is -2.45. The van der Waals surface area contributed by atoms with Crippen molar-refractivity contribution >= 4 is 28.1 Å². The van der Waals surface area contributed by atoms with Gasteiger partial charge in [0.2, 0.25) is 0 Å². The van der Waals surface area contributed by atoms with Crippen molar-refractivity contribution in [2.75, 3.05) is 13.6 Å². The molecule has 6 nitrogen and oxygen atoms in total. The summed E-state index contributed by atoms with van der Waals surface area (Å²) in [7, 11) is 1.82. The van der Waals surface area contributed by atoms with E-state index in [4.69, 9.17) is 0 Å². The lowest BCUT2D eigenvalue weighted by atomic mass is 9.97. The maximum absolute atomic E-state index is 13.6. The van der Waals surface area contributed by atoms with E-state index in [2.05, 4.69) is 24.1 Å². The molecule has 0 aliphatic heterocycles. The predicted molar refractivity (Wildman–Crippen MR) is 137 cm³/mol. The summed E-state index contributed by atoms with van der Waals surface area (Å²) in [6, 6.07) is 17.5. The first-order chi connectivity index (χ1) is 16.4. The van der Waals surface area contributed by atoms with Gasteiger partial charge in [-0.15, -0.1) is 11.3 Å². The lowest BCUT2D eigenvalue weighted by molar-refractivity contribution is 0.0700. The van der Waals surface area contributed by atoms with E-state index in [1.54, 1.807) is 4.90 Å². The van der Waals surface area contributed by atoms with Crippen LogP contribution in [0.15, 0.2) is 66.2 Å². The van der Waals surface area contributed by atoms with Crippen molar-refractivity contribution in [2.45, 2.75) is 33.2 Å². The Morgan fingerprint density at radius 3 is 2.53 bits per heavy atom. The first-order valence-electron chi connectivity index (χ1n) is 11.5. The number of hydrogen-bond donors (Lipinski definition) is 1. The molecule has 2 heterocycles. The molecule has 0 fully saturated rings. The van der Waals surface area contributed by atoms with Gasteiger partial charge < -0.3 is 10.2 Å². The zero-order valence-corrected chi connectivity index (χ0v) is 20.8. The van der Waals surface area contributed by atoms with Crippen LogP contribution in [0.3, 0.4) is 0 Å². The summed E-state index contributed by atoms with van der Waals surface area (Å²) in [6.07, 6.45) is 2.63. The molecule has 4 rings (SSSR count). The second-order valence-electron chi connectivity index (χ2n) is 8.92.